The maximum atomic E-state index is 12.8. The zero-order valence-corrected chi connectivity index (χ0v) is 17.4. The number of fused-ring (bicyclic) bond motifs is 1. The number of anilines is 2. The van der Waals surface area contributed by atoms with E-state index in [0.717, 1.165) is 43.1 Å². The van der Waals surface area contributed by atoms with Gasteiger partial charge in [-0.3, -0.25) is 4.79 Å². The summed E-state index contributed by atoms with van der Waals surface area (Å²) in [5.41, 5.74) is 8.40. The van der Waals surface area contributed by atoms with Gasteiger partial charge < -0.3 is 20.9 Å². The molecule has 2 aromatic rings. The van der Waals surface area contributed by atoms with Crippen LogP contribution in [0.4, 0.5) is 11.6 Å². The number of aromatic nitrogens is 2. The number of carbonyl (C=O) groups is 1. The lowest BCUT2D eigenvalue weighted by Crippen LogP contribution is -2.54. The Kier molecular flexibility index (Phi) is 5.87. The van der Waals surface area contributed by atoms with Crippen LogP contribution in [0.5, 0.6) is 0 Å². The molecule has 29 heavy (non-hydrogen) atoms. The highest BCUT2D eigenvalue weighted by Crippen LogP contribution is 2.30. The zero-order chi connectivity index (χ0) is 20.4. The maximum Gasteiger partial charge on any atom is 0.239 e. The third-order valence-corrected chi connectivity index (χ3v) is 5.96. The second kappa shape index (κ2) is 8.55. The lowest BCUT2D eigenvalue weighted by Gasteiger charge is -2.38. The number of nitrogens with one attached hydrogen (secondary N) is 1. The van der Waals surface area contributed by atoms with Crippen molar-refractivity contribution in [1.29, 1.82) is 0 Å². The summed E-state index contributed by atoms with van der Waals surface area (Å²) in [4.78, 5) is 25.9. The van der Waals surface area contributed by atoms with E-state index in [0.29, 0.717) is 30.6 Å². The number of carbonyl (C=O) groups excluding carboxylic acids is 1. The van der Waals surface area contributed by atoms with E-state index in [1.54, 1.807) is 6.33 Å². The van der Waals surface area contributed by atoms with Crippen LogP contribution in [0.1, 0.15) is 24.5 Å². The molecule has 1 fully saturated rings. The van der Waals surface area contributed by atoms with Crippen molar-refractivity contribution in [2.75, 3.05) is 36.4 Å². The van der Waals surface area contributed by atoms with Gasteiger partial charge in [-0.25, -0.2) is 9.97 Å². The summed E-state index contributed by atoms with van der Waals surface area (Å²) >= 11 is 5.92. The molecule has 154 valence electrons. The molecular weight excluding hydrogens is 388 g/mol. The number of amides is 1. The summed E-state index contributed by atoms with van der Waals surface area (Å²) in [6.07, 6.45) is 4.19. The first-order valence-electron chi connectivity index (χ1n) is 10.2. The fourth-order valence-corrected chi connectivity index (χ4v) is 4.16. The summed E-state index contributed by atoms with van der Waals surface area (Å²) in [6, 6.07) is 7.37. The summed E-state index contributed by atoms with van der Waals surface area (Å²) in [6.45, 7) is 4.96. The van der Waals surface area contributed by atoms with E-state index in [9.17, 15) is 4.79 Å². The van der Waals surface area contributed by atoms with E-state index in [2.05, 4.69) is 27.1 Å². The molecule has 0 unspecified atom stereocenters. The molecule has 2 aliphatic heterocycles. The average Bonchev–Trinajstić information content (AvgIpc) is 2.74. The van der Waals surface area contributed by atoms with Crippen LogP contribution in [0, 0.1) is 0 Å². The van der Waals surface area contributed by atoms with E-state index < -0.39 is 6.04 Å². The van der Waals surface area contributed by atoms with Crippen LogP contribution in [-0.4, -0.2) is 59.0 Å². The Morgan fingerprint density at radius 3 is 2.69 bits per heavy atom. The molecule has 2 atom stereocenters. The topological polar surface area (TPSA) is 87.4 Å². The van der Waals surface area contributed by atoms with Crippen LogP contribution in [-0.2, 0) is 17.6 Å². The first-order chi connectivity index (χ1) is 14.0. The van der Waals surface area contributed by atoms with Crippen LogP contribution in [0.15, 0.2) is 30.6 Å². The number of hydrogen-bond acceptors (Lipinski definition) is 6. The fourth-order valence-electron chi connectivity index (χ4n) is 4.03. The van der Waals surface area contributed by atoms with Gasteiger partial charge in [0.2, 0.25) is 5.91 Å². The minimum atomic E-state index is -0.541. The normalized spacial score (nSPS) is 20.0. The summed E-state index contributed by atoms with van der Waals surface area (Å²) in [5, 5.41) is 4.12. The van der Waals surface area contributed by atoms with Crippen molar-refractivity contribution in [3.05, 3.63) is 46.7 Å². The summed E-state index contributed by atoms with van der Waals surface area (Å²) in [7, 11) is 0. The van der Waals surface area contributed by atoms with E-state index in [-0.39, 0.29) is 5.91 Å². The number of rotatable bonds is 4. The molecule has 1 amide bonds. The lowest BCUT2D eigenvalue weighted by atomic mass is 10.0. The van der Waals surface area contributed by atoms with Crippen molar-refractivity contribution < 1.29 is 4.79 Å². The molecule has 1 aromatic heterocycles. The van der Waals surface area contributed by atoms with Crippen LogP contribution in [0.2, 0.25) is 5.02 Å². The van der Waals surface area contributed by atoms with Crippen LogP contribution < -0.4 is 16.0 Å². The van der Waals surface area contributed by atoms with Gasteiger partial charge >= 0.3 is 0 Å². The van der Waals surface area contributed by atoms with Crippen molar-refractivity contribution in [3.63, 3.8) is 0 Å². The first-order valence-corrected chi connectivity index (χ1v) is 10.5. The monoisotopic (exact) mass is 414 g/mol. The number of nitrogens with zero attached hydrogens (tertiary/aromatic N) is 4. The molecule has 4 rings (SSSR count). The molecule has 3 N–H and O–H groups in total. The Labute approximate surface area is 176 Å². The Morgan fingerprint density at radius 1 is 1.24 bits per heavy atom. The Bertz CT molecular complexity index is 866. The Hall–Kier alpha value is -2.38. The Morgan fingerprint density at radius 2 is 1.97 bits per heavy atom. The number of halogens is 1. The number of benzene rings is 1. The molecule has 0 spiro atoms. The van der Waals surface area contributed by atoms with Gasteiger partial charge in [0.05, 0.1) is 6.04 Å². The van der Waals surface area contributed by atoms with Crippen LogP contribution in [0.3, 0.4) is 0 Å². The van der Waals surface area contributed by atoms with E-state index in [1.807, 2.05) is 29.2 Å². The van der Waals surface area contributed by atoms with Gasteiger partial charge in [0.15, 0.2) is 0 Å². The third-order valence-electron chi connectivity index (χ3n) is 5.71. The second-order valence-corrected chi connectivity index (χ2v) is 8.29. The minimum absolute atomic E-state index is 0.000178. The minimum Gasteiger partial charge on any atom is -0.367 e. The van der Waals surface area contributed by atoms with Gasteiger partial charge in [0.1, 0.15) is 18.0 Å². The van der Waals surface area contributed by atoms with Crippen molar-refractivity contribution in [3.8, 4) is 0 Å². The molecule has 7 nitrogen and oxygen atoms in total. The molecule has 8 heteroatoms. The number of nitrogens with two attached hydrogens (primary N) is 1. The largest absolute Gasteiger partial charge is 0.367 e. The highest BCUT2D eigenvalue weighted by Gasteiger charge is 2.28. The molecule has 0 bridgehead atoms. The van der Waals surface area contributed by atoms with Gasteiger partial charge in [-0.15, -0.1) is 0 Å². The summed E-state index contributed by atoms with van der Waals surface area (Å²) in [5.74, 6) is 1.93. The van der Waals surface area contributed by atoms with E-state index in [4.69, 9.17) is 17.3 Å². The Balaban J connectivity index is 1.36. The third kappa shape index (κ3) is 4.46. The predicted octanol–water partition coefficient (Wildman–Crippen LogP) is 2.10. The van der Waals surface area contributed by atoms with Crippen molar-refractivity contribution in [1.82, 2.24) is 14.9 Å². The van der Waals surface area contributed by atoms with Gasteiger partial charge in [-0.2, -0.15) is 0 Å². The molecule has 1 aromatic carbocycles. The molecule has 2 aliphatic rings. The fraction of sp³-hybridized carbons (Fsp3) is 0.476. The van der Waals surface area contributed by atoms with Gasteiger partial charge in [0.25, 0.3) is 0 Å². The van der Waals surface area contributed by atoms with Gasteiger partial charge in [-0.05, 0) is 43.9 Å². The predicted molar refractivity (Wildman–Crippen MR) is 115 cm³/mol. The molecule has 1 saturated heterocycles. The zero-order valence-electron chi connectivity index (χ0n) is 16.6. The second-order valence-electron chi connectivity index (χ2n) is 7.86. The first kappa shape index (κ1) is 19.9. The quantitative estimate of drug-likeness (QED) is 0.796. The maximum absolute atomic E-state index is 12.8. The molecular formula is C21H27ClN6O. The molecule has 0 radical (unpaired) electrons. The molecule has 3 heterocycles. The van der Waals surface area contributed by atoms with Crippen molar-refractivity contribution in [2.45, 2.75) is 38.3 Å². The van der Waals surface area contributed by atoms with Gasteiger partial charge in [0, 0.05) is 42.8 Å². The van der Waals surface area contributed by atoms with Gasteiger partial charge in [-0.1, -0.05) is 23.7 Å². The summed E-state index contributed by atoms with van der Waals surface area (Å²) < 4.78 is 0. The standard InChI is InChI=1S/C21H27ClN6O/c1-14-2-7-17-19(26-14)24-13-25-20(17)27-8-10-28(11-9-27)21(29)18(23)12-15-3-5-16(22)6-4-15/h3-6,13-14,18H,2,7-12,23H2,1H3,(H,24,25,26)/t14-,18-/m1/s1. The smallest absolute Gasteiger partial charge is 0.239 e. The number of piperazine rings is 1. The van der Waals surface area contributed by atoms with E-state index >= 15 is 0 Å². The lowest BCUT2D eigenvalue weighted by molar-refractivity contribution is -0.132. The van der Waals surface area contributed by atoms with Crippen molar-refractivity contribution in [2.24, 2.45) is 5.73 Å². The van der Waals surface area contributed by atoms with Crippen molar-refractivity contribution >= 4 is 29.1 Å². The highest BCUT2D eigenvalue weighted by molar-refractivity contribution is 6.30. The molecule has 0 aliphatic carbocycles. The SMILES string of the molecule is C[C@@H]1CCc2c(ncnc2N2CCN(C(=O)[C@H](N)Cc3ccc(Cl)cc3)CC2)N1. The highest BCUT2D eigenvalue weighted by atomic mass is 35.5. The average molecular weight is 415 g/mol. The van der Waals surface area contributed by atoms with Crippen LogP contribution >= 0.6 is 11.6 Å². The van der Waals surface area contributed by atoms with E-state index in [1.165, 1.54) is 5.56 Å². The molecule has 0 saturated carbocycles. The number of hydrogen-bond donors (Lipinski definition) is 2. The van der Waals surface area contributed by atoms with Crippen LogP contribution in [0.25, 0.3) is 0 Å².